The molecule has 84 valence electrons. The van der Waals surface area contributed by atoms with Crippen LogP contribution in [0.15, 0.2) is 30.6 Å². The van der Waals surface area contributed by atoms with Gasteiger partial charge < -0.3 is 5.32 Å². The lowest BCUT2D eigenvalue weighted by atomic mass is 10.3. The average molecular weight is 256 g/mol. The number of nitrogens with zero attached hydrogens (tertiary/aromatic N) is 2. The Morgan fingerprint density at radius 3 is 2.88 bits per heavy atom. The van der Waals surface area contributed by atoms with E-state index in [4.69, 9.17) is 23.2 Å². The lowest BCUT2D eigenvalue weighted by Crippen LogP contribution is -1.99. The van der Waals surface area contributed by atoms with E-state index in [-0.39, 0.29) is 0 Å². The van der Waals surface area contributed by atoms with Gasteiger partial charge in [0.05, 0.1) is 21.9 Å². The Morgan fingerprint density at radius 1 is 1.38 bits per heavy atom. The van der Waals surface area contributed by atoms with Crippen molar-refractivity contribution in [3.63, 3.8) is 0 Å². The van der Waals surface area contributed by atoms with Crippen molar-refractivity contribution in [2.75, 3.05) is 5.32 Å². The number of halogens is 2. The van der Waals surface area contributed by atoms with Gasteiger partial charge in [-0.25, -0.2) is 0 Å². The highest BCUT2D eigenvalue weighted by atomic mass is 35.5. The predicted octanol–water partition coefficient (Wildman–Crippen LogP) is 3.34. The van der Waals surface area contributed by atoms with E-state index < -0.39 is 0 Å². The quantitative estimate of drug-likeness (QED) is 0.912. The molecule has 1 heterocycles. The minimum atomic E-state index is 0.549. The molecule has 0 aliphatic rings. The Bertz CT molecular complexity index is 494. The molecular formula is C11H11Cl2N3. The molecule has 2 rings (SSSR count). The SMILES string of the molecule is Cn1cc(CNc2cccc(Cl)c2Cl)cn1. The zero-order chi connectivity index (χ0) is 11.5. The molecule has 1 N–H and O–H groups in total. The Balaban J connectivity index is 2.07. The van der Waals surface area contributed by atoms with Gasteiger partial charge in [0.25, 0.3) is 0 Å². The maximum Gasteiger partial charge on any atom is 0.0823 e. The summed E-state index contributed by atoms with van der Waals surface area (Å²) in [5.41, 5.74) is 1.93. The maximum atomic E-state index is 6.05. The molecule has 0 aliphatic carbocycles. The third-order valence-electron chi connectivity index (χ3n) is 2.19. The van der Waals surface area contributed by atoms with Crippen LogP contribution in [0.5, 0.6) is 0 Å². The largest absolute Gasteiger partial charge is 0.380 e. The van der Waals surface area contributed by atoms with Crippen LogP contribution in [0.1, 0.15) is 5.56 Å². The van der Waals surface area contributed by atoms with E-state index in [1.807, 2.05) is 31.6 Å². The first-order valence-electron chi connectivity index (χ1n) is 4.82. The van der Waals surface area contributed by atoms with Crippen LogP contribution in [-0.4, -0.2) is 9.78 Å². The molecule has 2 aromatic rings. The van der Waals surface area contributed by atoms with Crippen molar-refractivity contribution < 1.29 is 0 Å². The fraction of sp³-hybridized carbons (Fsp3) is 0.182. The number of nitrogens with one attached hydrogen (secondary N) is 1. The standard InChI is InChI=1S/C11H11Cl2N3/c1-16-7-8(6-15-16)5-14-10-4-2-3-9(12)11(10)13/h2-4,6-7,14H,5H2,1H3. The van der Waals surface area contributed by atoms with E-state index in [1.165, 1.54) is 0 Å². The molecule has 0 amide bonds. The van der Waals surface area contributed by atoms with E-state index >= 15 is 0 Å². The summed E-state index contributed by atoms with van der Waals surface area (Å²) in [5.74, 6) is 0. The minimum Gasteiger partial charge on any atom is -0.380 e. The molecule has 0 fully saturated rings. The topological polar surface area (TPSA) is 29.9 Å². The summed E-state index contributed by atoms with van der Waals surface area (Å²) in [6.07, 6.45) is 3.76. The van der Waals surface area contributed by atoms with E-state index in [0.717, 1.165) is 11.3 Å². The Labute approximate surface area is 104 Å². The van der Waals surface area contributed by atoms with Crippen molar-refractivity contribution in [3.05, 3.63) is 46.2 Å². The highest BCUT2D eigenvalue weighted by Gasteiger charge is 2.04. The fourth-order valence-corrected chi connectivity index (χ4v) is 1.77. The van der Waals surface area contributed by atoms with Gasteiger partial charge in [-0.15, -0.1) is 0 Å². The van der Waals surface area contributed by atoms with E-state index in [0.29, 0.717) is 16.6 Å². The van der Waals surface area contributed by atoms with Crippen LogP contribution >= 0.6 is 23.2 Å². The van der Waals surface area contributed by atoms with Crippen LogP contribution in [-0.2, 0) is 13.6 Å². The van der Waals surface area contributed by atoms with Gasteiger partial charge in [0.15, 0.2) is 0 Å². The lowest BCUT2D eigenvalue weighted by molar-refractivity contribution is 0.767. The second kappa shape index (κ2) is 4.76. The number of anilines is 1. The number of aromatic nitrogens is 2. The highest BCUT2D eigenvalue weighted by molar-refractivity contribution is 6.43. The summed E-state index contributed by atoms with van der Waals surface area (Å²) < 4.78 is 1.76. The van der Waals surface area contributed by atoms with Crippen molar-refractivity contribution in [3.8, 4) is 0 Å². The summed E-state index contributed by atoms with van der Waals surface area (Å²) in [5, 5.41) is 8.40. The van der Waals surface area contributed by atoms with Crippen molar-refractivity contribution in [1.29, 1.82) is 0 Å². The monoisotopic (exact) mass is 255 g/mol. The summed E-state index contributed by atoms with van der Waals surface area (Å²) in [7, 11) is 1.88. The van der Waals surface area contributed by atoms with Gasteiger partial charge in [-0.05, 0) is 12.1 Å². The molecule has 16 heavy (non-hydrogen) atoms. The van der Waals surface area contributed by atoms with Crippen molar-refractivity contribution in [2.24, 2.45) is 7.05 Å². The van der Waals surface area contributed by atoms with Gasteiger partial charge in [0, 0.05) is 25.4 Å². The van der Waals surface area contributed by atoms with Gasteiger partial charge in [-0.1, -0.05) is 29.3 Å². The molecule has 0 bridgehead atoms. The molecule has 0 saturated carbocycles. The lowest BCUT2D eigenvalue weighted by Gasteiger charge is -2.07. The van der Waals surface area contributed by atoms with Crippen LogP contribution in [0.25, 0.3) is 0 Å². The molecule has 5 heteroatoms. The van der Waals surface area contributed by atoms with Crippen LogP contribution in [0.3, 0.4) is 0 Å². The maximum absolute atomic E-state index is 6.05. The number of hydrogen-bond donors (Lipinski definition) is 1. The predicted molar refractivity (Wildman–Crippen MR) is 67.0 cm³/mol. The van der Waals surface area contributed by atoms with Crippen LogP contribution in [0.2, 0.25) is 10.0 Å². The number of aryl methyl sites for hydroxylation is 1. The van der Waals surface area contributed by atoms with E-state index in [2.05, 4.69) is 10.4 Å². The van der Waals surface area contributed by atoms with E-state index in [1.54, 1.807) is 10.7 Å². The summed E-state index contributed by atoms with van der Waals surface area (Å²) in [6.45, 7) is 0.675. The summed E-state index contributed by atoms with van der Waals surface area (Å²) in [6, 6.07) is 5.52. The normalized spacial score (nSPS) is 10.4. The van der Waals surface area contributed by atoms with Gasteiger partial charge in [0.1, 0.15) is 0 Å². The second-order valence-corrected chi connectivity index (χ2v) is 4.26. The number of benzene rings is 1. The van der Waals surface area contributed by atoms with Gasteiger partial charge >= 0.3 is 0 Å². The zero-order valence-electron chi connectivity index (χ0n) is 8.74. The first-order valence-corrected chi connectivity index (χ1v) is 5.58. The third-order valence-corrected chi connectivity index (χ3v) is 3.01. The molecule has 0 spiro atoms. The van der Waals surface area contributed by atoms with Crippen molar-refractivity contribution in [2.45, 2.75) is 6.54 Å². The van der Waals surface area contributed by atoms with E-state index in [9.17, 15) is 0 Å². The van der Waals surface area contributed by atoms with Crippen molar-refractivity contribution in [1.82, 2.24) is 9.78 Å². The van der Waals surface area contributed by atoms with Crippen LogP contribution in [0, 0.1) is 0 Å². The zero-order valence-corrected chi connectivity index (χ0v) is 10.3. The fourth-order valence-electron chi connectivity index (χ4n) is 1.40. The highest BCUT2D eigenvalue weighted by Crippen LogP contribution is 2.29. The molecule has 0 aliphatic heterocycles. The number of rotatable bonds is 3. The molecule has 1 aromatic carbocycles. The Hall–Kier alpha value is -1.19. The average Bonchev–Trinajstić information content (AvgIpc) is 2.67. The Morgan fingerprint density at radius 2 is 2.19 bits per heavy atom. The van der Waals surface area contributed by atoms with Crippen LogP contribution < -0.4 is 5.32 Å². The molecule has 3 nitrogen and oxygen atoms in total. The Kier molecular flexibility index (Phi) is 3.36. The summed E-state index contributed by atoms with van der Waals surface area (Å²) in [4.78, 5) is 0. The van der Waals surface area contributed by atoms with Crippen LogP contribution in [0.4, 0.5) is 5.69 Å². The molecule has 0 unspecified atom stereocenters. The first-order chi connectivity index (χ1) is 7.66. The van der Waals surface area contributed by atoms with Crippen molar-refractivity contribution >= 4 is 28.9 Å². The van der Waals surface area contributed by atoms with Gasteiger partial charge in [-0.2, -0.15) is 5.10 Å². The second-order valence-electron chi connectivity index (χ2n) is 3.48. The molecular weight excluding hydrogens is 245 g/mol. The smallest absolute Gasteiger partial charge is 0.0823 e. The third kappa shape index (κ3) is 2.49. The first kappa shape index (κ1) is 11.3. The molecule has 0 radical (unpaired) electrons. The minimum absolute atomic E-state index is 0.549. The summed E-state index contributed by atoms with van der Waals surface area (Å²) >= 11 is 12.0. The van der Waals surface area contributed by atoms with Gasteiger partial charge in [0.2, 0.25) is 0 Å². The molecule has 0 saturated heterocycles. The molecule has 1 aromatic heterocycles. The number of hydrogen-bond acceptors (Lipinski definition) is 2. The van der Waals surface area contributed by atoms with Gasteiger partial charge in [-0.3, -0.25) is 4.68 Å². The molecule has 0 atom stereocenters.